The van der Waals surface area contributed by atoms with Crippen molar-refractivity contribution < 1.29 is 9.59 Å². The van der Waals surface area contributed by atoms with Gasteiger partial charge in [0.25, 0.3) is 0 Å². The Morgan fingerprint density at radius 3 is 2.18 bits per heavy atom. The van der Waals surface area contributed by atoms with E-state index >= 15 is 0 Å². The van der Waals surface area contributed by atoms with Crippen molar-refractivity contribution in [1.82, 2.24) is 9.80 Å². The number of hydrogen-bond donors (Lipinski definition) is 1. The lowest BCUT2D eigenvalue weighted by molar-refractivity contribution is -0.137. The van der Waals surface area contributed by atoms with Crippen LogP contribution in [-0.2, 0) is 16.1 Å². The van der Waals surface area contributed by atoms with Crippen LogP contribution in [0.15, 0.2) is 59.1 Å². The van der Waals surface area contributed by atoms with Crippen molar-refractivity contribution in [3.8, 4) is 0 Å². The average molecular weight is 446 g/mol. The third-order valence-electron chi connectivity index (χ3n) is 4.26. The number of nitrogens with zero attached hydrogens (tertiary/aromatic N) is 2. The zero-order valence-electron chi connectivity index (χ0n) is 16.9. The zero-order chi connectivity index (χ0) is 20.7. The molecule has 0 spiro atoms. The van der Waals surface area contributed by atoms with Crippen LogP contribution in [0, 0.1) is 0 Å². The van der Waals surface area contributed by atoms with Gasteiger partial charge in [0.2, 0.25) is 11.8 Å². The molecule has 0 saturated heterocycles. The number of amides is 2. The summed E-state index contributed by atoms with van der Waals surface area (Å²) in [6.45, 7) is 6.92. The van der Waals surface area contributed by atoms with E-state index < -0.39 is 0 Å². The molecule has 2 rings (SSSR count). The molecule has 0 heterocycles. The molecular weight excluding hydrogens is 418 g/mol. The number of rotatable bonds is 7. The molecule has 0 aromatic heterocycles. The first-order chi connectivity index (χ1) is 13.2. The highest BCUT2D eigenvalue weighted by atomic mass is 79.9. The number of benzene rings is 2. The van der Waals surface area contributed by atoms with Gasteiger partial charge >= 0.3 is 0 Å². The molecule has 0 aliphatic heterocycles. The SMILES string of the molecule is CN(CC(=O)Nc1ccccc1Br)CC(=O)N(Cc1ccccc1)C(C)(C)C. The predicted octanol–water partition coefficient (Wildman–Crippen LogP) is 4.15. The highest BCUT2D eigenvalue weighted by Gasteiger charge is 2.27. The van der Waals surface area contributed by atoms with Gasteiger partial charge in [-0.15, -0.1) is 0 Å². The molecule has 28 heavy (non-hydrogen) atoms. The monoisotopic (exact) mass is 445 g/mol. The molecule has 5 nitrogen and oxygen atoms in total. The van der Waals surface area contributed by atoms with E-state index in [4.69, 9.17) is 0 Å². The lowest BCUT2D eigenvalue weighted by Crippen LogP contribution is -2.49. The molecule has 150 valence electrons. The maximum absolute atomic E-state index is 12.9. The van der Waals surface area contributed by atoms with Crippen molar-refractivity contribution in [3.05, 3.63) is 64.6 Å². The Balaban J connectivity index is 1.96. The lowest BCUT2D eigenvalue weighted by Gasteiger charge is -2.37. The van der Waals surface area contributed by atoms with Gasteiger partial charge in [0.15, 0.2) is 0 Å². The number of carbonyl (C=O) groups excluding carboxylic acids is 2. The van der Waals surface area contributed by atoms with E-state index in [0.29, 0.717) is 12.2 Å². The lowest BCUT2D eigenvalue weighted by atomic mass is 10.0. The summed E-state index contributed by atoms with van der Waals surface area (Å²) in [7, 11) is 1.78. The zero-order valence-corrected chi connectivity index (χ0v) is 18.5. The van der Waals surface area contributed by atoms with Crippen LogP contribution in [0.5, 0.6) is 0 Å². The molecule has 6 heteroatoms. The summed E-state index contributed by atoms with van der Waals surface area (Å²) in [6, 6.07) is 17.4. The second-order valence-electron chi connectivity index (χ2n) is 7.84. The molecule has 0 fully saturated rings. The Bertz CT molecular complexity index is 803. The van der Waals surface area contributed by atoms with E-state index in [2.05, 4.69) is 21.2 Å². The number of halogens is 1. The summed E-state index contributed by atoms with van der Waals surface area (Å²) >= 11 is 3.41. The molecule has 2 aromatic carbocycles. The van der Waals surface area contributed by atoms with Gasteiger partial charge in [0.1, 0.15) is 0 Å². The Hall–Kier alpha value is -2.18. The summed E-state index contributed by atoms with van der Waals surface area (Å²) in [4.78, 5) is 28.8. The molecule has 2 aromatic rings. The molecule has 0 radical (unpaired) electrons. The van der Waals surface area contributed by atoms with Crippen molar-refractivity contribution in [2.24, 2.45) is 0 Å². The van der Waals surface area contributed by atoms with Gasteiger partial charge in [-0.1, -0.05) is 42.5 Å². The minimum Gasteiger partial charge on any atom is -0.332 e. The summed E-state index contributed by atoms with van der Waals surface area (Å²) in [5.74, 6) is -0.167. The fourth-order valence-corrected chi connectivity index (χ4v) is 3.22. The molecule has 0 atom stereocenters. The van der Waals surface area contributed by atoms with Crippen LogP contribution < -0.4 is 5.32 Å². The van der Waals surface area contributed by atoms with Crippen LogP contribution in [0.1, 0.15) is 26.3 Å². The number of anilines is 1. The van der Waals surface area contributed by atoms with Gasteiger partial charge in [-0.05, 0) is 61.4 Å². The second kappa shape index (κ2) is 9.85. The Morgan fingerprint density at radius 1 is 0.964 bits per heavy atom. The number of para-hydroxylation sites is 1. The first kappa shape index (κ1) is 22.1. The normalized spacial score (nSPS) is 11.4. The van der Waals surface area contributed by atoms with Gasteiger partial charge in [-0.3, -0.25) is 14.5 Å². The Kier molecular flexibility index (Phi) is 7.78. The van der Waals surface area contributed by atoms with Crippen LogP contribution in [-0.4, -0.2) is 47.3 Å². The molecule has 2 amide bonds. The van der Waals surface area contributed by atoms with Crippen molar-refractivity contribution in [2.75, 3.05) is 25.5 Å². The molecule has 0 aliphatic rings. The van der Waals surface area contributed by atoms with E-state index in [1.807, 2.05) is 80.3 Å². The predicted molar refractivity (Wildman–Crippen MR) is 117 cm³/mol. The quantitative estimate of drug-likeness (QED) is 0.696. The Morgan fingerprint density at radius 2 is 1.57 bits per heavy atom. The number of carbonyl (C=O) groups is 2. The van der Waals surface area contributed by atoms with E-state index in [1.54, 1.807) is 11.9 Å². The molecule has 0 aliphatic carbocycles. The fraction of sp³-hybridized carbons (Fsp3) is 0.364. The molecule has 0 saturated carbocycles. The largest absolute Gasteiger partial charge is 0.332 e. The van der Waals surface area contributed by atoms with E-state index in [-0.39, 0.29) is 30.4 Å². The minimum absolute atomic E-state index is 0.00690. The highest BCUT2D eigenvalue weighted by Crippen LogP contribution is 2.21. The van der Waals surface area contributed by atoms with Gasteiger partial charge in [0.05, 0.1) is 18.8 Å². The summed E-state index contributed by atoms with van der Waals surface area (Å²) in [5.41, 5.74) is 1.48. The first-order valence-electron chi connectivity index (χ1n) is 9.24. The third-order valence-corrected chi connectivity index (χ3v) is 4.95. The van der Waals surface area contributed by atoms with Crippen LogP contribution in [0.25, 0.3) is 0 Å². The average Bonchev–Trinajstić information content (AvgIpc) is 2.61. The van der Waals surface area contributed by atoms with Crippen LogP contribution in [0.3, 0.4) is 0 Å². The van der Waals surface area contributed by atoms with Gasteiger partial charge in [-0.2, -0.15) is 0 Å². The summed E-state index contributed by atoms with van der Waals surface area (Å²) in [5, 5.41) is 2.86. The van der Waals surface area contributed by atoms with Gasteiger partial charge < -0.3 is 10.2 Å². The molecule has 0 bridgehead atoms. The summed E-state index contributed by atoms with van der Waals surface area (Å²) < 4.78 is 0.823. The van der Waals surface area contributed by atoms with Crippen molar-refractivity contribution in [2.45, 2.75) is 32.9 Å². The molecule has 0 unspecified atom stereocenters. The minimum atomic E-state index is -0.315. The summed E-state index contributed by atoms with van der Waals surface area (Å²) in [6.07, 6.45) is 0. The number of nitrogens with one attached hydrogen (secondary N) is 1. The maximum atomic E-state index is 12.9. The van der Waals surface area contributed by atoms with Crippen LogP contribution in [0.4, 0.5) is 5.69 Å². The number of hydrogen-bond acceptors (Lipinski definition) is 3. The second-order valence-corrected chi connectivity index (χ2v) is 8.69. The standard InChI is InChI=1S/C22H28BrN3O2/c1-22(2,3)26(14-17-10-6-5-7-11-17)21(28)16-25(4)15-20(27)24-19-13-9-8-12-18(19)23/h5-13H,14-16H2,1-4H3,(H,24,27). The van der Waals surface area contributed by atoms with Crippen molar-refractivity contribution >= 4 is 33.4 Å². The number of likely N-dealkylation sites (N-methyl/N-ethyl adjacent to an activating group) is 1. The van der Waals surface area contributed by atoms with E-state index in [9.17, 15) is 9.59 Å². The van der Waals surface area contributed by atoms with Crippen molar-refractivity contribution in [1.29, 1.82) is 0 Å². The van der Waals surface area contributed by atoms with Crippen molar-refractivity contribution in [3.63, 3.8) is 0 Å². The van der Waals surface area contributed by atoms with Gasteiger partial charge in [0, 0.05) is 16.6 Å². The smallest absolute Gasteiger partial charge is 0.238 e. The Labute approximate surface area is 175 Å². The first-order valence-corrected chi connectivity index (χ1v) is 10.0. The topological polar surface area (TPSA) is 52.7 Å². The fourth-order valence-electron chi connectivity index (χ4n) is 2.84. The maximum Gasteiger partial charge on any atom is 0.238 e. The van der Waals surface area contributed by atoms with Gasteiger partial charge in [-0.25, -0.2) is 0 Å². The van der Waals surface area contributed by atoms with Crippen LogP contribution >= 0.6 is 15.9 Å². The van der Waals surface area contributed by atoms with Crippen LogP contribution in [0.2, 0.25) is 0 Å². The highest BCUT2D eigenvalue weighted by molar-refractivity contribution is 9.10. The molecular formula is C22H28BrN3O2. The third kappa shape index (κ3) is 6.77. The molecule has 1 N–H and O–H groups in total. The van der Waals surface area contributed by atoms with E-state index in [1.165, 1.54) is 0 Å². The van der Waals surface area contributed by atoms with E-state index in [0.717, 1.165) is 10.0 Å².